The summed E-state index contributed by atoms with van der Waals surface area (Å²) in [4.78, 5) is 0. The second-order valence-electron chi connectivity index (χ2n) is 3.46. The highest BCUT2D eigenvalue weighted by Gasteiger charge is 2.08. The third-order valence-electron chi connectivity index (χ3n) is 2.41. The molecule has 0 saturated carbocycles. The van der Waals surface area contributed by atoms with Gasteiger partial charge in [0.2, 0.25) is 0 Å². The first-order chi connectivity index (χ1) is 7.61. The van der Waals surface area contributed by atoms with E-state index in [-0.39, 0.29) is 0 Å². The minimum atomic E-state index is 0.998. The lowest BCUT2D eigenvalue weighted by Gasteiger charge is -2.14. The van der Waals surface area contributed by atoms with E-state index in [0.29, 0.717) is 0 Å². The van der Waals surface area contributed by atoms with E-state index in [4.69, 9.17) is 0 Å². The molecule has 0 aliphatic rings. The zero-order chi connectivity index (χ0) is 11.7. The number of hydrogen-bond acceptors (Lipinski definition) is 0. The molecule has 0 fully saturated rings. The predicted octanol–water partition coefficient (Wildman–Crippen LogP) is -1.47. The summed E-state index contributed by atoms with van der Waals surface area (Å²) >= 11 is 0. The molecular weight excluding hydrogens is 256 g/mol. The van der Waals surface area contributed by atoms with E-state index in [0.717, 1.165) is 26.3 Å². The summed E-state index contributed by atoms with van der Waals surface area (Å²) in [5.41, 5.74) is 2.33. The third kappa shape index (κ3) is 2.06. The average Bonchev–Trinajstić information content (AvgIpc) is 2.32. The maximum Gasteiger partial charge on any atom is 0.0718 e. The second kappa shape index (κ2) is 4.66. The quantitative estimate of drug-likeness (QED) is 0.551. The van der Waals surface area contributed by atoms with Gasteiger partial charge in [-0.05, 0) is 11.1 Å². The molecular formula is C12H6Si4. The van der Waals surface area contributed by atoms with Crippen LogP contribution in [0.4, 0.5) is 0 Å². The molecule has 12 radical (unpaired) electrons. The van der Waals surface area contributed by atoms with Crippen LogP contribution in [0.2, 0.25) is 0 Å². The van der Waals surface area contributed by atoms with Gasteiger partial charge in [-0.15, -0.1) is 0 Å². The highest BCUT2D eigenvalue weighted by molar-refractivity contribution is 6.63. The van der Waals surface area contributed by atoms with E-state index < -0.39 is 0 Å². The van der Waals surface area contributed by atoms with Crippen molar-refractivity contribution in [1.29, 1.82) is 0 Å². The lowest BCUT2D eigenvalue weighted by molar-refractivity contribution is 1.68. The molecule has 0 heterocycles. The molecule has 2 aromatic rings. The smallest absolute Gasteiger partial charge is 0.0705 e. The van der Waals surface area contributed by atoms with Gasteiger partial charge in [0.1, 0.15) is 0 Å². The Bertz CT molecular complexity index is 520. The van der Waals surface area contributed by atoms with E-state index in [1.807, 2.05) is 18.2 Å². The fourth-order valence-corrected chi connectivity index (χ4v) is 2.86. The minimum Gasteiger partial charge on any atom is -0.0705 e. The minimum absolute atomic E-state index is 0.998. The fraction of sp³-hybridized carbons (Fsp3) is 0. The molecule has 70 valence electrons. The van der Waals surface area contributed by atoms with E-state index in [1.54, 1.807) is 0 Å². The summed E-state index contributed by atoms with van der Waals surface area (Å²) in [7, 11) is 14.4. The molecule has 0 nitrogen and oxygen atoms in total. The summed E-state index contributed by atoms with van der Waals surface area (Å²) in [6.45, 7) is 0. The molecule has 0 saturated heterocycles. The lowest BCUT2D eigenvalue weighted by Crippen LogP contribution is -2.47. The SMILES string of the molecule is [Si]c1cc(-c2ccccc2)c([Si])c([Si])c1[Si]. The van der Waals surface area contributed by atoms with Crippen LogP contribution < -0.4 is 20.7 Å². The number of benzene rings is 2. The molecule has 0 spiro atoms. The van der Waals surface area contributed by atoms with Crippen LogP contribution >= 0.6 is 0 Å². The maximum absolute atomic E-state index is 3.66. The van der Waals surface area contributed by atoms with Gasteiger partial charge < -0.3 is 0 Å². The lowest BCUT2D eigenvalue weighted by atomic mass is 10.1. The van der Waals surface area contributed by atoms with Gasteiger partial charge in [-0.3, -0.25) is 0 Å². The van der Waals surface area contributed by atoms with Crippen molar-refractivity contribution in [2.75, 3.05) is 0 Å². The van der Waals surface area contributed by atoms with Crippen LogP contribution in [-0.4, -0.2) is 41.0 Å². The Kier molecular flexibility index (Phi) is 3.43. The van der Waals surface area contributed by atoms with Gasteiger partial charge in [-0.2, -0.15) is 0 Å². The van der Waals surface area contributed by atoms with Crippen molar-refractivity contribution in [3.05, 3.63) is 36.4 Å². The van der Waals surface area contributed by atoms with Crippen LogP contribution in [0.1, 0.15) is 0 Å². The summed E-state index contributed by atoms with van der Waals surface area (Å²) < 4.78 is 0. The topological polar surface area (TPSA) is 0 Å². The molecule has 0 aromatic heterocycles. The highest BCUT2D eigenvalue weighted by Crippen LogP contribution is 2.13. The van der Waals surface area contributed by atoms with Gasteiger partial charge in [0.15, 0.2) is 0 Å². The first-order valence-corrected chi connectivity index (χ1v) is 6.74. The average molecular weight is 263 g/mol. The molecule has 0 atom stereocenters. The Labute approximate surface area is 109 Å². The summed E-state index contributed by atoms with van der Waals surface area (Å²) in [5.74, 6) is 0. The van der Waals surface area contributed by atoms with Crippen LogP contribution in [0.3, 0.4) is 0 Å². The first kappa shape index (κ1) is 11.8. The van der Waals surface area contributed by atoms with Gasteiger partial charge in [0, 0.05) is 0 Å². The normalized spacial score (nSPS) is 10.5. The summed E-state index contributed by atoms with van der Waals surface area (Å²) in [6.07, 6.45) is 0. The van der Waals surface area contributed by atoms with Crippen LogP contribution in [0.15, 0.2) is 36.4 Å². The zero-order valence-corrected chi connectivity index (χ0v) is 12.5. The van der Waals surface area contributed by atoms with Gasteiger partial charge in [0.25, 0.3) is 0 Å². The molecule has 16 heavy (non-hydrogen) atoms. The molecule has 2 rings (SSSR count). The second-order valence-corrected chi connectivity index (χ2v) is 5.50. The summed E-state index contributed by atoms with van der Waals surface area (Å²) in [5, 5.41) is 4.05. The van der Waals surface area contributed by atoms with Crippen molar-refractivity contribution in [3.63, 3.8) is 0 Å². The molecule has 2 aromatic carbocycles. The monoisotopic (exact) mass is 262 g/mol. The fourth-order valence-electron chi connectivity index (χ4n) is 1.53. The Balaban J connectivity index is 2.68. The molecule has 0 N–H and O–H groups in total. The van der Waals surface area contributed by atoms with Gasteiger partial charge >= 0.3 is 0 Å². The van der Waals surface area contributed by atoms with Crippen LogP contribution in [0.25, 0.3) is 11.1 Å². The molecule has 0 bridgehead atoms. The maximum atomic E-state index is 3.66. The predicted molar refractivity (Wildman–Crippen MR) is 73.4 cm³/mol. The highest BCUT2D eigenvalue weighted by atomic mass is 28.2. The van der Waals surface area contributed by atoms with E-state index in [2.05, 4.69) is 59.2 Å². The van der Waals surface area contributed by atoms with Crippen LogP contribution in [-0.2, 0) is 0 Å². The largest absolute Gasteiger partial charge is 0.0718 e. The number of hydrogen-bond donors (Lipinski definition) is 0. The van der Waals surface area contributed by atoms with Crippen molar-refractivity contribution >= 4 is 61.7 Å². The van der Waals surface area contributed by atoms with Crippen LogP contribution in [0, 0.1) is 0 Å². The Morgan fingerprint density at radius 1 is 0.688 bits per heavy atom. The number of rotatable bonds is 1. The molecule has 0 aliphatic carbocycles. The molecule has 4 heteroatoms. The van der Waals surface area contributed by atoms with E-state index >= 15 is 0 Å². The molecule has 0 amide bonds. The third-order valence-corrected chi connectivity index (χ3v) is 5.10. The summed E-state index contributed by atoms with van der Waals surface area (Å²) in [6, 6.07) is 12.3. The molecule has 0 unspecified atom stereocenters. The molecule has 0 aliphatic heterocycles. The first-order valence-electron chi connectivity index (χ1n) is 4.74. The van der Waals surface area contributed by atoms with Crippen molar-refractivity contribution in [1.82, 2.24) is 0 Å². The van der Waals surface area contributed by atoms with Gasteiger partial charge in [-0.25, -0.2) is 0 Å². The van der Waals surface area contributed by atoms with Gasteiger partial charge in [-0.1, -0.05) is 57.1 Å². The van der Waals surface area contributed by atoms with E-state index in [1.165, 1.54) is 5.56 Å². The Morgan fingerprint density at radius 3 is 1.94 bits per heavy atom. The standard InChI is InChI=1S/C12H6Si4/c13-9-6-8(7-4-2-1-3-5-7)10(14)12(16)11(9)15/h1-6H. The van der Waals surface area contributed by atoms with Crippen LogP contribution in [0.5, 0.6) is 0 Å². The Hall–Kier alpha value is -0.692. The van der Waals surface area contributed by atoms with Crippen molar-refractivity contribution in [2.45, 2.75) is 0 Å². The van der Waals surface area contributed by atoms with Crippen molar-refractivity contribution < 1.29 is 0 Å². The zero-order valence-electron chi connectivity index (χ0n) is 8.46. The van der Waals surface area contributed by atoms with E-state index in [9.17, 15) is 0 Å². The van der Waals surface area contributed by atoms with Gasteiger partial charge in [0.05, 0.1) is 41.0 Å². The van der Waals surface area contributed by atoms with Crippen molar-refractivity contribution in [2.24, 2.45) is 0 Å². The Morgan fingerprint density at radius 2 is 1.31 bits per heavy atom. The van der Waals surface area contributed by atoms with Crippen molar-refractivity contribution in [3.8, 4) is 11.1 Å².